The minimum absolute atomic E-state index is 0.133. The molecule has 0 aliphatic carbocycles. The van der Waals surface area contributed by atoms with Crippen LogP contribution in [0.3, 0.4) is 0 Å². The van der Waals surface area contributed by atoms with E-state index in [4.69, 9.17) is 4.74 Å². The average molecular weight is 288 g/mol. The molecule has 0 atom stereocenters. The number of phenols is 2. The van der Waals surface area contributed by atoms with Crippen LogP contribution in [-0.2, 0) is 0 Å². The minimum Gasteiger partial charge on any atom is -0.508 e. The second-order valence-corrected chi connectivity index (χ2v) is 4.27. The predicted octanol–water partition coefficient (Wildman–Crippen LogP) is 3.14. The van der Waals surface area contributed by atoms with Gasteiger partial charge in [-0.05, 0) is 31.2 Å². The summed E-state index contributed by atoms with van der Waals surface area (Å²) >= 11 is 0. The third-order valence-corrected chi connectivity index (χ3v) is 2.58. The zero-order valence-electron chi connectivity index (χ0n) is 11.5. The number of nitrogens with one attached hydrogen (secondary N) is 2. The van der Waals surface area contributed by atoms with Crippen LogP contribution in [0.1, 0.15) is 6.92 Å². The third-order valence-electron chi connectivity index (χ3n) is 2.58. The summed E-state index contributed by atoms with van der Waals surface area (Å²) in [6.45, 7) is 2.47. The first-order valence-corrected chi connectivity index (χ1v) is 6.40. The van der Waals surface area contributed by atoms with Crippen molar-refractivity contribution in [1.82, 2.24) is 0 Å². The number of urea groups is 1. The standard InChI is InChI=1S/C15H16N2O4/c1-2-21-14-5-3-10(4-6-14)16-15(20)17-11-7-12(18)9-13(19)8-11/h3-9,18-19H,2H2,1H3,(H2,16,17,20). The van der Waals surface area contributed by atoms with Gasteiger partial charge in [0, 0.05) is 29.6 Å². The SMILES string of the molecule is CCOc1ccc(NC(=O)Nc2cc(O)cc(O)c2)cc1. The van der Waals surface area contributed by atoms with Crippen LogP contribution in [0.15, 0.2) is 42.5 Å². The van der Waals surface area contributed by atoms with Crippen LogP contribution in [0, 0.1) is 0 Å². The fourth-order valence-corrected chi connectivity index (χ4v) is 1.76. The van der Waals surface area contributed by atoms with Crippen LogP contribution < -0.4 is 15.4 Å². The van der Waals surface area contributed by atoms with Crippen molar-refractivity contribution in [3.8, 4) is 17.2 Å². The largest absolute Gasteiger partial charge is 0.508 e. The van der Waals surface area contributed by atoms with E-state index in [1.165, 1.54) is 18.2 Å². The number of aromatic hydroxyl groups is 2. The Labute approximate surface area is 122 Å². The molecule has 0 unspecified atom stereocenters. The van der Waals surface area contributed by atoms with Gasteiger partial charge in [-0.25, -0.2) is 4.79 Å². The maximum atomic E-state index is 11.8. The van der Waals surface area contributed by atoms with Crippen molar-refractivity contribution in [2.45, 2.75) is 6.92 Å². The summed E-state index contributed by atoms with van der Waals surface area (Å²) < 4.78 is 5.30. The van der Waals surface area contributed by atoms with Gasteiger partial charge >= 0.3 is 6.03 Å². The number of hydrogen-bond acceptors (Lipinski definition) is 4. The maximum Gasteiger partial charge on any atom is 0.323 e. The molecule has 0 saturated heterocycles. The Bertz CT molecular complexity index is 606. The van der Waals surface area contributed by atoms with Crippen molar-refractivity contribution in [3.05, 3.63) is 42.5 Å². The molecule has 2 rings (SSSR count). The van der Waals surface area contributed by atoms with Gasteiger partial charge in [-0.3, -0.25) is 0 Å². The molecule has 2 aromatic rings. The van der Waals surface area contributed by atoms with Crippen LogP contribution in [0.25, 0.3) is 0 Å². The molecule has 0 heterocycles. The van der Waals surface area contributed by atoms with Gasteiger partial charge in [-0.15, -0.1) is 0 Å². The molecule has 21 heavy (non-hydrogen) atoms. The van der Waals surface area contributed by atoms with Gasteiger partial charge in [0.05, 0.1) is 6.61 Å². The van der Waals surface area contributed by atoms with Crippen molar-refractivity contribution in [1.29, 1.82) is 0 Å². The van der Waals surface area contributed by atoms with Crippen molar-refractivity contribution in [3.63, 3.8) is 0 Å². The number of amides is 2. The van der Waals surface area contributed by atoms with Crippen LogP contribution >= 0.6 is 0 Å². The smallest absolute Gasteiger partial charge is 0.323 e. The predicted molar refractivity (Wildman–Crippen MR) is 80.0 cm³/mol. The first kappa shape index (κ1) is 14.5. The number of carbonyl (C=O) groups excluding carboxylic acids is 1. The minimum atomic E-state index is -0.482. The normalized spacial score (nSPS) is 9.95. The summed E-state index contributed by atoms with van der Waals surface area (Å²) in [6, 6.07) is 10.3. The highest BCUT2D eigenvalue weighted by Gasteiger charge is 2.05. The summed E-state index contributed by atoms with van der Waals surface area (Å²) in [4.78, 5) is 11.8. The van der Waals surface area contributed by atoms with Crippen molar-refractivity contribution in [2.24, 2.45) is 0 Å². The van der Waals surface area contributed by atoms with E-state index < -0.39 is 6.03 Å². The molecule has 110 valence electrons. The lowest BCUT2D eigenvalue weighted by Crippen LogP contribution is -2.19. The van der Waals surface area contributed by atoms with Crippen LogP contribution in [0.5, 0.6) is 17.2 Å². The number of carbonyl (C=O) groups is 1. The zero-order valence-corrected chi connectivity index (χ0v) is 11.5. The number of anilines is 2. The van der Waals surface area contributed by atoms with E-state index in [0.717, 1.165) is 5.75 Å². The van der Waals surface area contributed by atoms with Crippen molar-refractivity contribution < 1.29 is 19.7 Å². The van der Waals surface area contributed by atoms with Gasteiger partial charge in [0.25, 0.3) is 0 Å². The molecule has 0 aromatic heterocycles. The summed E-state index contributed by atoms with van der Waals surface area (Å²) in [6.07, 6.45) is 0. The maximum absolute atomic E-state index is 11.8. The van der Waals surface area contributed by atoms with Gasteiger partial charge in [0.15, 0.2) is 0 Å². The highest BCUT2D eigenvalue weighted by Crippen LogP contribution is 2.24. The molecule has 4 N–H and O–H groups in total. The van der Waals surface area contributed by atoms with Gasteiger partial charge in [-0.2, -0.15) is 0 Å². The first-order valence-electron chi connectivity index (χ1n) is 6.40. The fourth-order valence-electron chi connectivity index (χ4n) is 1.76. The molecule has 0 aliphatic heterocycles. The molecule has 2 amide bonds. The quantitative estimate of drug-likeness (QED) is 0.695. The van der Waals surface area contributed by atoms with E-state index in [2.05, 4.69) is 10.6 Å². The van der Waals surface area contributed by atoms with Crippen molar-refractivity contribution >= 4 is 17.4 Å². The highest BCUT2D eigenvalue weighted by atomic mass is 16.5. The molecule has 0 fully saturated rings. The molecule has 2 aromatic carbocycles. The highest BCUT2D eigenvalue weighted by molar-refractivity contribution is 6.00. The number of hydrogen-bond donors (Lipinski definition) is 4. The average Bonchev–Trinajstić information content (AvgIpc) is 2.40. The molecule has 6 heteroatoms. The number of phenolic OH excluding ortho intramolecular Hbond substituents is 2. The zero-order chi connectivity index (χ0) is 15.2. The molecule has 0 radical (unpaired) electrons. The van der Waals surface area contributed by atoms with Crippen LogP contribution in [0.4, 0.5) is 16.2 Å². The summed E-state index contributed by atoms with van der Waals surface area (Å²) in [5.41, 5.74) is 0.885. The van der Waals surface area contributed by atoms with Gasteiger partial charge in [-0.1, -0.05) is 0 Å². The van der Waals surface area contributed by atoms with E-state index in [0.29, 0.717) is 12.3 Å². The van der Waals surface area contributed by atoms with E-state index in [1.54, 1.807) is 24.3 Å². The fraction of sp³-hybridized carbons (Fsp3) is 0.133. The Hall–Kier alpha value is -2.89. The van der Waals surface area contributed by atoms with E-state index >= 15 is 0 Å². The molecule has 0 bridgehead atoms. The second-order valence-electron chi connectivity index (χ2n) is 4.27. The number of rotatable bonds is 4. The number of benzene rings is 2. The lowest BCUT2D eigenvalue weighted by atomic mass is 10.3. The third kappa shape index (κ3) is 4.31. The monoisotopic (exact) mass is 288 g/mol. The van der Waals surface area contributed by atoms with E-state index in [9.17, 15) is 15.0 Å². The first-order chi connectivity index (χ1) is 10.1. The lowest BCUT2D eigenvalue weighted by molar-refractivity contribution is 0.262. The van der Waals surface area contributed by atoms with E-state index in [-0.39, 0.29) is 17.2 Å². The molecular weight excluding hydrogens is 272 g/mol. The van der Waals surface area contributed by atoms with Gasteiger partial charge in [0.1, 0.15) is 17.2 Å². The molecule has 6 nitrogen and oxygen atoms in total. The Balaban J connectivity index is 1.97. The van der Waals surface area contributed by atoms with E-state index in [1.807, 2.05) is 6.92 Å². The van der Waals surface area contributed by atoms with Crippen LogP contribution in [0.2, 0.25) is 0 Å². The van der Waals surface area contributed by atoms with Gasteiger partial charge in [0.2, 0.25) is 0 Å². The molecular formula is C15H16N2O4. The molecule has 0 aliphatic rings. The summed E-state index contributed by atoms with van der Waals surface area (Å²) in [5, 5.41) is 23.8. The number of ether oxygens (including phenoxy) is 1. The Morgan fingerprint density at radius 1 is 1.00 bits per heavy atom. The summed E-state index contributed by atoms with van der Waals surface area (Å²) in [5.74, 6) is 0.457. The Morgan fingerprint density at radius 3 is 2.14 bits per heavy atom. The lowest BCUT2D eigenvalue weighted by Gasteiger charge is -2.09. The molecule has 0 spiro atoms. The van der Waals surface area contributed by atoms with Crippen LogP contribution in [-0.4, -0.2) is 22.9 Å². The summed E-state index contributed by atoms with van der Waals surface area (Å²) in [7, 11) is 0. The molecule has 0 saturated carbocycles. The van der Waals surface area contributed by atoms with Crippen molar-refractivity contribution in [2.75, 3.05) is 17.2 Å². The Morgan fingerprint density at radius 2 is 1.57 bits per heavy atom. The van der Waals surface area contributed by atoms with Gasteiger partial charge < -0.3 is 25.6 Å². The second kappa shape index (κ2) is 6.51. The topological polar surface area (TPSA) is 90.8 Å². The Kier molecular flexibility index (Phi) is 4.50.